The number of halogens is 1. The Morgan fingerprint density at radius 2 is 1.16 bits per heavy atom. The van der Waals surface area contributed by atoms with E-state index in [1.807, 2.05) is 48.2 Å². The first kappa shape index (κ1) is 12.7. The molecule has 98 valence electrons. The van der Waals surface area contributed by atoms with Crippen LogP contribution in [0.15, 0.2) is 60.7 Å². The Hall–Kier alpha value is -1.28. The van der Waals surface area contributed by atoms with E-state index >= 15 is 0 Å². The maximum Gasteiger partial charge on any atom is 0.103 e. The summed E-state index contributed by atoms with van der Waals surface area (Å²) >= 11 is 1.90. The standard InChI is InChI=1S/C17H17FS/c18-15-11-16(13-7-3-1-4-8-13)19-17(12-15)14-9-5-2-6-10-14/h1-10,15-17H,11-12H2/t15?,16-,17+. The first-order valence-electron chi connectivity index (χ1n) is 6.72. The van der Waals surface area contributed by atoms with Crippen molar-refractivity contribution in [1.82, 2.24) is 0 Å². The van der Waals surface area contributed by atoms with Crippen LogP contribution in [0.4, 0.5) is 4.39 Å². The van der Waals surface area contributed by atoms with Gasteiger partial charge in [0.25, 0.3) is 0 Å². The van der Waals surface area contributed by atoms with Crippen molar-refractivity contribution >= 4 is 11.8 Å². The fourth-order valence-electron chi connectivity index (χ4n) is 2.63. The van der Waals surface area contributed by atoms with Crippen molar-refractivity contribution in [2.24, 2.45) is 0 Å². The fraction of sp³-hybridized carbons (Fsp3) is 0.294. The Balaban J connectivity index is 1.82. The lowest BCUT2D eigenvalue weighted by molar-refractivity contribution is 0.284. The molecular weight excluding hydrogens is 255 g/mol. The van der Waals surface area contributed by atoms with Gasteiger partial charge in [0.2, 0.25) is 0 Å². The molecule has 0 saturated carbocycles. The normalized spacial score (nSPS) is 27.1. The van der Waals surface area contributed by atoms with Crippen LogP contribution in [0.3, 0.4) is 0 Å². The van der Waals surface area contributed by atoms with E-state index in [0.29, 0.717) is 12.8 Å². The van der Waals surface area contributed by atoms with E-state index in [9.17, 15) is 4.39 Å². The molecule has 0 N–H and O–H groups in total. The fourth-order valence-corrected chi connectivity index (χ4v) is 4.30. The lowest BCUT2D eigenvalue weighted by Crippen LogP contribution is -2.17. The monoisotopic (exact) mass is 272 g/mol. The van der Waals surface area contributed by atoms with E-state index in [1.165, 1.54) is 11.1 Å². The summed E-state index contributed by atoms with van der Waals surface area (Å²) in [6.07, 6.45) is 0.576. The van der Waals surface area contributed by atoms with Crippen LogP contribution in [-0.2, 0) is 0 Å². The average molecular weight is 272 g/mol. The van der Waals surface area contributed by atoms with Gasteiger partial charge in [0.05, 0.1) is 0 Å². The van der Waals surface area contributed by atoms with Gasteiger partial charge in [-0.15, -0.1) is 11.8 Å². The zero-order valence-electron chi connectivity index (χ0n) is 10.7. The van der Waals surface area contributed by atoms with Crippen LogP contribution < -0.4 is 0 Å². The van der Waals surface area contributed by atoms with Crippen LogP contribution in [0.1, 0.15) is 34.5 Å². The molecule has 0 aliphatic carbocycles. The Morgan fingerprint density at radius 1 is 0.737 bits per heavy atom. The van der Waals surface area contributed by atoms with Crippen molar-refractivity contribution in [1.29, 1.82) is 0 Å². The molecule has 3 rings (SSSR count). The van der Waals surface area contributed by atoms with E-state index in [-0.39, 0.29) is 10.5 Å². The van der Waals surface area contributed by atoms with Crippen LogP contribution in [0.25, 0.3) is 0 Å². The van der Waals surface area contributed by atoms with Gasteiger partial charge in [-0.2, -0.15) is 0 Å². The third-order valence-electron chi connectivity index (χ3n) is 3.61. The van der Waals surface area contributed by atoms with Crippen molar-refractivity contribution < 1.29 is 4.39 Å². The summed E-state index contributed by atoms with van der Waals surface area (Å²) in [5, 5.41) is 0.547. The summed E-state index contributed by atoms with van der Waals surface area (Å²) in [5.41, 5.74) is 2.49. The number of rotatable bonds is 2. The maximum atomic E-state index is 14.0. The molecule has 1 aliphatic rings. The highest BCUT2D eigenvalue weighted by molar-refractivity contribution is 7.99. The van der Waals surface area contributed by atoms with Gasteiger partial charge in [0.15, 0.2) is 0 Å². The first-order valence-corrected chi connectivity index (χ1v) is 7.66. The number of hydrogen-bond donors (Lipinski definition) is 0. The maximum absolute atomic E-state index is 14.0. The molecule has 0 amide bonds. The Morgan fingerprint density at radius 3 is 1.58 bits per heavy atom. The van der Waals surface area contributed by atoms with Crippen LogP contribution in [-0.4, -0.2) is 6.17 Å². The Bertz CT molecular complexity index is 464. The highest BCUT2D eigenvalue weighted by Gasteiger charge is 2.30. The highest BCUT2D eigenvalue weighted by atomic mass is 32.2. The van der Waals surface area contributed by atoms with Crippen molar-refractivity contribution in [3.63, 3.8) is 0 Å². The summed E-state index contributed by atoms with van der Waals surface area (Å²) in [7, 11) is 0. The predicted molar refractivity (Wildman–Crippen MR) is 80.1 cm³/mol. The molecule has 1 fully saturated rings. The van der Waals surface area contributed by atoms with Crippen molar-refractivity contribution in [3.8, 4) is 0 Å². The van der Waals surface area contributed by atoms with Crippen LogP contribution in [0.5, 0.6) is 0 Å². The minimum atomic E-state index is -0.698. The summed E-state index contributed by atoms with van der Waals surface area (Å²) in [6, 6.07) is 20.6. The Kier molecular flexibility index (Phi) is 3.88. The third kappa shape index (κ3) is 3.01. The van der Waals surface area contributed by atoms with Gasteiger partial charge in [-0.25, -0.2) is 4.39 Å². The Labute approximate surface area is 118 Å². The predicted octanol–water partition coefficient (Wildman–Crippen LogP) is 5.33. The molecule has 2 aromatic rings. The van der Waals surface area contributed by atoms with Gasteiger partial charge >= 0.3 is 0 Å². The summed E-state index contributed by atoms with van der Waals surface area (Å²) in [4.78, 5) is 0. The summed E-state index contributed by atoms with van der Waals surface area (Å²) in [5.74, 6) is 0. The zero-order valence-corrected chi connectivity index (χ0v) is 11.5. The van der Waals surface area contributed by atoms with Crippen molar-refractivity contribution in [3.05, 3.63) is 71.8 Å². The first-order chi connectivity index (χ1) is 9.33. The second kappa shape index (κ2) is 5.79. The van der Waals surface area contributed by atoms with E-state index in [1.54, 1.807) is 0 Å². The van der Waals surface area contributed by atoms with Crippen LogP contribution in [0.2, 0.25) is 0 Å². The smallest absolute Gasteiger partial charge is 0.103 e. The molecule has 1 heterocycles. The van der Waals surface area contributed by atoms with Gasteiger partial charge in [0, 0.05) is 10.5 Å². The third-order valence-corrected chi connectivity index (χ3v) is 5.20. The molecule has 1 saturated heterocycles. The molecular formula is C17H17FS. The van der Waals surface area contributed by atoms with E-state index in [2.05, 4.69) is 24.3 Å². The topological polar surface area (TPSA) is 0 Å². The molecule has 1 aliphatic heterocycles. The van der Waals surface area contributed by atoms with Crippen LogP contribution in [0, 0.1) is 0 Å². The molecule has 1 unspecified atom stereocenters. The van der Waals surface area contributed by atoms with Crippen molar-refractivity contribution in [2.45, 2.75) is 29.5 Å². The number of thioether (sulfide) groups is 1. The van der Waals surface area contributed by atoms with Gasteiger partial charge in [-0.3, -0.25) is 0 Å². The molecule has 3 atom stereocenters. The minimum Gasteiger partial charge on any atom is -0.247 e. The van der Waals surface area contributed by atoms with Crippen LogP contribution >= 0.6 is 11.8 Å². The molecule has 0 nitrogen and oxygen atoms in total. The second-order valence-corrected chi connectivity index (χ2v) is 6.41. The summed E-state index contributed by atoms with van der Waals surface area (Å²) < 4.78 is 14.0. The van der Waals surface area contributed by atoms with Gasteiger partial charge in [-0.1, -0.05) is 60.7 Å². The van der Waals surface area contributed by atoms with Gasteiger partial charge < -0.3 is 0 Å². The SMILES string of the molecule is FC1C[C@@H](c2ccccc2)S[C@@H](c2ccccc2)C1. The molecule has 0 spiro atoms. The zero-order chi connectivity index (χ0) is 13.1. The largest absolute Gasteiger partial charge is 0.247 e. The second-order valence-electron chi connectivity index (χ2n) is 5.00. The number of hydrogen-bond acceptors (Lipinski definition) is 1. The van der Waals surface area contributed by atoms with Crippen molar-refractivity contribution in [2.75, 3.05) is 0 Å². The van der Waals surface area contributed by atoms with Gasteiger partial charge in [0.1, 0.15) is 6.17 Å². The lowest BCUT2D eigenvalue weighted by atomic mass is 10.00. The summed E-state index contributed by atoms with van der Waals surface area (Å²) in [6.45, 7) is 0. The molecule has 0 aromatic heterocycles. The molecule has 19 heavy (non-hydrogen) atoms. The van der Waals surface area contributed by atoms with E-state index in [4.69, 9.17) is 0 Å². The molecule has 0 radical (unpaired) electrons. The number of alkyl halides is 1. The highest BCUT2D eigenvalue weighted by Crippen LogP contribution is 2.50. The molecule has 2 aromatic carbocycles. The minimum absolute atomic E-state index is 0.273. The number of benzene rings is 2. The van der Waals surface area contributed by atoms with E-state index in [0.717, 1.165) is 0 Å². The molecule has 0 bridgehead atoms. The van der Waals surface area contributed by atoms with Gasteiger partial charge in [-0.05, 0) is 24.0 Å². The lowest BCUT2D eigenvalue weighted by Gasteiger charge is -2.31. The quantitative estimate of drug-likeness (QED) is 0.711. The average Bonchev–Trinajstić information content (AvgIpc) is 2.48. The molecule has 2 heteroatoms. The van der Waals surface area contributed by atoms with E-state index < -0.39 is 6.17 Å².